The fourth-order valence-corrected chi connectivity index (χ4v) is 2.70. The summed E-state index contributed by atoms with van der Waals surface area (Å²) < 4.78 is 24.8. The molecule has 2 amide bonds. The Morgan fingerprint density at radius 3 is 2.24 bits per heavy atom. The summed E-state index contributed by atoms with van der Waals surface area (Å²) in [6.45, 7) is 4.97. The summed E-state index contributed by atoms with van der Waals surface area (Å²) >= 11 is 0. The number of ether oxygens (including phenoxy) is 2. The second-order valence-electron chi connectivity index (χ2n) is 6.92. The summed E-state index contributed by atoms with van der Waals surface area (Å²) in [7, 11) is 1.56. The number of carbonyl (C=O) groups is 2. The summed E-state index contributed by atoms with van der Waals surface area (Å²) in [5.74, 6) is -0.00411. The Bertz CT molecular complexity index is 824. The predicted octanol–water partition coefficient (Wildman–Crippen LogP) is 3.16. The van der Waals surface area contributed by atoms with E-state index in [9.17, 15) is 14.0 Å². The molecule has 1 atom stereocenters. The van der Waals surface area contributed by atoms with E-state index >= 15 is 0 Å². The third-order valence-corrected chi connectivity index (χ3v) is 4.32. The molecule has 0 radical (unpaired) electrons. The molecule has 0 aliphatic heterocycles. The summed E-state index contributed by atoms with van der Waals surface area (Å²) in [5.41, 5.74) is 0.328. The smallest absolute Gasteiger partial charge is 0.261 e. The van der Waals surface area contributed by atoms with Crippen molar-refractivity contribution in [1.82, 2.24) is 10.2 Å². The molecule has 2 rings (SSSR count). The van der Waals surface area contributed by atoms with Gasteiger partial charge in [-0.05, 0) is 51.1 Å². The Kier molecular flexibility index (Phi) is 8.00. The third-order valence-electron chi connectivity index (χ3n) is 4.32. The number of methoxy groups -OCH3 is 1. The van der Waals surface area contributed by atoms with Crippen molar-refractivity contribution in [2.45, 2.75) is 39.4 Å². The first-order valence-electron chi connectivity index (χ1n) is 9.42. The highest BCUT2D eigenvalue weighted by Gasteiger charge is 2.27. The molecule has 0 saturated carbocycles. The lowest BCUT2D eigenvalue weighted by Gasteiger charge is -2.29. The number of benzene rings is 2. The molecule has 6 nitrogen and oxygen atoms in total. The predicted molar refractivity (Wildman–Crippen MR) is 108 cm³/mol. The standard InChI is InChI=1S/C22H27FN2O4/c1-15(2)24-22(27)16(3)25(13-17-7-5-6-8-20(17)23)21(26)14-29-19-11-9-18(28-4)10-12-19/h5-12,15-16H,13-14H2,1-4H3,(H,24,27)/t16-/m0/s1. The van der Waals surface area contributed by atoms with E-state index < -0.39 is 17.8 Å². The summed E-state index contributed by atoms with van der Waals surface area (Å²) in [4.78, 5) is 26.6. The van der Waals surface area contributed by atoms with E-state index in [1.807, 2.05) is 13.8 Å². The van der Waals surface area contributed by atoms with Crippen molar-refractivity contribution in [3.8, 4) is 11.5 Å². The van der Waals surface area contributed by atoms with Gasteiger partial charge >= 0.3 is 0 Å². The number of rotatable bonds is 9. The van der Waals surface area contributed by atoms with Crippen LogP contribution >= 0.6 is 0 Å². The molecule has 0 aliphatic carbocycles. The zero-order valence-electron chi connectivity index (χ0n) is 17.1. The van der Waals surface area contributed by atoms with Crippen LogP contribution in [0.3, 0.4) is 0 Å². The molecular formula is C22H27FN2O4. The van der Waals surface area contributed by atoms with Crippen molar-refractivity contribution in [1.29, 1.82) is 0 Å². The monoisotopic (exact) mass is 402 g/mol. The molecule has 2 aromatic rings. The minimum absolute atomic E-state index is 0.0375. The van der Waals surface area contributed by atoms with Gasteiger partial charge in [-0.25, -0.2) is 4.39 Å². The average molecular weight is 402 g/mol. The van der Waals surface area contributed by atoms with Crippen molar-refractivity contribution in [3.05, 3.63) is 59.9 Å². The van der Waals surface area contributed by atoms with Gasteiger partial charge in [-0.2, -0.15) is 0 Å². The number of halogens is 1. The SMILES string of the molecule is COc1ccc(OCC(=O)N(Cc2ccccc2F)[C@@H](C)C(=O)NC(C)C)cc1. The zero-order chi connectivity index (χ0) is 21.4. The van der Waals surface area contributed by atoms with Crippen molar-refractivity contribution in [2.75, 3.05) is 13.7 Å². The van der Waals surface area contributed by atoms with Crippen molar-refractivity contribution < 1.29 is 23.5 Å². The van der Waals surface area contributed by atoms with Crippen molar-refractivity contribution >= 4 is 11.8 Å². The van der Waals surface area contributed by atoms with Crippen LogP contribution in [-0.2, 0) is 16.1 Å². The largest absolute Gasteiger partial charge is 0.497 e. The maximum atomic E-state index is 14.1. The minimum Gasteiger partial charge on any atom is -0.497 e. The Morgan fingerprint density at radius 1 is 1.03 bits per heavy atom. The summed E-state index contributed by atoms with van der Waals surface area (Å²) in [6.07, 6.45) is 0. The van der Waals surface area contributed by atoms with Crippen LogP contribution in [-0.4, -0.2) is 42.5 Å². The molecule has 0 fully saturated rings. The zero-order valence-corrected chi connectivity index (χ0v) is 17.1. The molecule has 0 saturated heterocycles. The van der Waals surface area contributed by atoms with Crippen LogP contribution in [0.2, 0.25) is 0 Å². The van der Waals surface area contributed by atoms with Gasteiger partial charge in [-0.15, -0.1) is 0 Å². The lowest BCUT2D eigenvalue weighted by atomic mass is 10.1. The topological polar surface area (TPSA) is 67.9 Å². The van der Waals surface area contributed by atoms with E-state index in [1.54, 1.807) is 56.5 Å². The molecule has 1 N–H and O–H groups in total. The fourth-order valence-electron chi connectivity index (χ4n) is 2.70. The molecule has 0 aromatic heterocycles. The number of carbonyl (C=O) groups excluding carboxylic acids is 2. The van der Waals surface area contributed by atoms with E-state index in [0.29, 0.717) is 17.1 Å². The van der Waals surface area contributed by atoms with E-state index in [-0.39, 0.29) is 25.1 Å². The average Bonchev–Trinajstić information content (AvgIpc) is 2.70. The maximum absolute atomic E-state index is 14.1. The Balaban J connectivity index is 2.14. The second kappa shape index (κ2) is 10.5. The van der Waals surface area contributed by atoms with Gasteiger partial charge in [-0.1, -0.05) is 18.2 Å². The van der Waals surface area contributed by atoms with Gasteiger partial charge in [-0.3, -0.25) is 9.59 Å². The van der Waals surface area contributed by atoms with Crippen LogP contribution in [0.4, 0.5) is 4.39 Å². The minimum atomic E-state index is -0.788. The Labute approximate surface area is 170 Å². The van der Waals surface area contributed by atoms with Crippen molar-refractivity contribution in [2.24, 2.45) is 0 Å². The lowest BCUT2D eigenvalue weighted by Crippen LogP contribution is -2.50. The van der Waals surface area contributed by atoms with Crippen LogP contribution in [0.25, 0.3) is 0 Å². The van der Waals surface area contributed by atoms with Gasteiger partial charge in [0.05, 0.1) is 7.11 Å². The van der Waals surface area contributed by atoms with Gasteiger partial charge in [0.2, 0.25) is 5.91 Å². The van der Waals surface area contributed by atoms with Crippen LogP contribution in [0.1, 0.15) is 26.3 Å². The molecule has 7 heteroatoms. The van der Waals surface area contributed by atoms with Crippen LogP contribution in [0, 0.1) is 5.82 Å². The molecule has 0 aliphatic rings. The highest BCUT2D eigenvalue weighted by Crippen LogP contribution is 2.18. The Morgan fingerprint density at radius 2 is 1.66 bits per heavy atom. The first kappa shape index (κ1) is 22.2. The third kappa shape index (κ3) is 6.48. The number of nitrogens with one attached hydrogen (secondary N) is 1. The van der Waals surface area contributed by atoms with Crippen molar-refractivity contribution in [3.63, 3.8) is 0 Å². The lowest BCUT2D eigenvalue weighted by molar-refractivity contribution is -0.142. The molecule has 0 unspecified atom stereocenters. The molecule has 0 spiro atoms. The number of hydrogen-bond acceptors (Lipinski definition) is 4. The highest BCUT2D eigenvalue weighted by molar-refractivity contribution is 5.88. The summed E-state index contributed by atoms with van der Waals surface area (Å²) in [5, 5.41) is 2.78. The molecule has 29 heavy (non-hydrogen) atoms. The van der Waals surface area contributed by atoms with E-state index in [4.69, 9.17) is 9.47 Å². The molecular weight excluding hydrogens is 375 g/mol. The second-order valence-corrected chi connectivity index (χ2v) is 6.92. The van der Waals surface area contributed by atoms with Crippen LogP contribution < -0.4 is 14.8 Å². The molecule has 2 aromatic carbocycles. The number of hydrogen-bond donors (Lipinski definition) is 1. The number of nitrogens with zero attached hydrogens (tertiary/aromatic N) is 1. The molecule has 0 heterocycles. The van der Waals surface area contributed by atoms with E-state index in [1.165, 1.54) is 11.0 Å². The van der Waals surface area contributed by atoms with Gasteiger partial charge in [0.1, 0.15) is 23.4 Å². The first-order valence-corrected chi connectivity index (χ1v) is 9.42. The fraction of sp³-hybridized carbons (Fsp3) is 0.364. The normalized spacial score (nSPS) is 11.7. The van der Waals surface area contributed by atoms with E-state index in [0.717, 1.165) is 0 Å². The van der Waals surface area contributed by atoms with Crippen LogP contribution in [0.15, 0.2) is 48.5 Å². The van der Waals surface area contributed by atoms with Gasteiger partial charge in [0, 0.05) is 18.2 Å². The highest BCUT2D eigenvalue weighted by atomic mass is 19.1. The van der Waals surface area contributed by atoms with Gasteiger partial charge in [0.15, 0.2) is 6.61 Å². The maximum Gasteiger partial charge on any atom is 0.261 e. The molecule has 0 bridgehead atoms. The van der Waals surface area contributed by atoms with Crippen LogP contribution in [0.5, 0.6) is 11.5 Å². The molecule has 156 valence electrons. The quantitative estimate of drug-likeness (QED) is 0.700. The first-order chi connectivity index (χ1) is 13.8. The Hall–Kier alpha value is -3.09. The van der Waals surface area contributed by atoms with Gasteiger partial charge in [0.25, 0.3) is 5.91 Å². The summed E-state index contributed by atoms with van der Waals surface area (Å²) in [6, 6.07) is 12.1. The van der Waals surface area contributed by atoms with Gasteiger partial charge < -0.3 is 19.7 Å². The number of amides is 2. The van der Waals surface area contributed by atoms with E-state index in [2.05, 4.69) is 5.32 Å².